The Morgan fingerprint density at radius 1 is 1.33 bits per heavy atom. The molecule has 1 rings (SSSR count). The average molecular weight is 214 g/mol. The molecule has 0 aromatic rings. The third kappa shape index (κ3) is 3.77. The van der Waals surface area contributed by atoms with E-state index in [-0.39, 0.29) is 24.0 Å². The molecular weight excluding hydrogens is 196 g/mol. The molecule has 0 saturated heterocycles. The van der Waals surface area contributed by atoms with Crippen LogP contribution in [0, 0.1) is 5.92 Å². The summed E-state index contributed by atoms with van der Waals surface area (Å²) in [4.78, 5) is 22.0. The first-order valence-corrected chi connectivity index (χ1v) is 5.29. The second-order valence-corrected chi connectivity index (χ2v) is 4.32. The number of carboxylic acid groups (broad SMARTS) is 1. The van der Waals surface area contributed by atoms with Crippen LogP contribution in [0.4, 0.5) is 4.79 Å². The maximum absolute atomic E-state index is 11.3. The molecule has 2 amide bonds. The summed E-state index contributed by atoms with van der Waals surface area (Å²) in [6.45, 7) is 3.77. The van der Waals surface area contributed by atoms with Crippen LogP contribution in [0.5, 0.6) is 0 Å². The fraction of sp³-hybridized carbons (Fsp3) is 0.800. The van der Waals surface area contributed by atoms with Gasteiger partial charge in [-0.3, -0.25) is 4.79 Å². The highest BCUT2D eigenvalue weighted by molar-refractivity contribution is 5.75. The van der Waals surface area contributed by atoms with Crippen LogP contribution >= 0.6 is 0 Å². The van der Waals surface area contributed by atoms with Gasteiger partial charge in [0.05, 0.1) is 5.92 Å². The molecule has 86 valence electrons. The molecule has 3 N–H and O–H groups in total. The minimum atomic E-state index is -0.761. The van der Waals surface area contributed by atoms with Crippen molar-refractivity contribution in [2.75, 3.05) is 0 Å². The number of carbonyl (C=O) groups excluding carboxylic acids is 1. The molecule has 0 aromatic carbocycles. The number of nitrogens with one attached hydrogen (secondary N) is 2. The van der Waals surface area contributed by atoms with Gasteiger partial charge in [0, 0.05) is 12.1 Å². The van der Waals surface area contributed by atoms with E-state index in [1.807, 2.05) is 13.8 Å². The lowest BCUT2D eigenvalue weighted by atomic mass is 10.1. The molecule has 0 aliphatic heterocycles. The van der Waals surface area contributed by atoms with Crippen molar-refractivity contribution in [3.8, 4) is 0 Å². The number of hydrogen-bond acceptors (Lipinski definition) is 2. The highest BCUT2D eigenvalue weighted by atomic mass is 16.4. The van der Waals surface area contributed by atoms with Crippen molar-refractivity contribution in [2.45, 2.75) is 45.2 Å². The van der Waals surface area contributed by atoms with Gasteiger partial charge < -0.3 is 15.7 Å². The smallest absolute Gasteiger partial charge is 0.315 e. The third-order valence-corrected chi connectivity index (χ3v) is 2.54. The lowest BCUT2D eigenvalue weighted by molar-refractivity contribution is -0.141. The molecule has 2 atom stereocenters. The second-order valence-electron chi connectivity index (χ2n) is 4.32. The quantitative estimate of drug-likeness (QED) is 0.654. The highest BCUT2D eigenvalue weighted by Gasteiger charge is 2.30. The van der Waals surface area contributed by atoms with Gasteiger partial charge in [-0.25, -0.2) is 4.79 Å². The molecule has 1 fully saturated rings. The molecular formula is C10H18N2O3. The molecule has 0 bridgehead atoms. The largest absolute Gasteiger partial charge is 0.481 e. The molecule has 0 radical (unpaired) electrons. The highest BCUT2D eigenvalue weighted by Crippen LogP contribution is 2.25. The Kier molecular flexibility index (Phi) is 3.94. The summed E-state index contributed by atoms with van der Waals surface area (Å²) < 4.78 is 0. The number of carbonyl (C=O) groups is 2. The van der Waals surface area contributed by atoms with Crippen molar-refractivity contribution in [2.24, 2.45) is 5.92 Å². The molecule has 15 heavy (non-hydrogen) atoms. The minimum absolute atomic E-state index is 0.00449. The molecule has 1 saturated carbocycles. The van der Waals surface area contributed by atoms with E-state index in [0.29, 0.717) is 12.8 Å². The summed E-state index contributed by atoms with van der Waals surface area (Å²) in [5, 5.41) is 14.3. The molecule has 0 heterocycles. The van der Waals surface area contributed by atoms with E-state index in [1.54, 1.807) is 0 Å². The van der Waals surface area contributed by atoms with Gasteiger partial charge >= 0.3 is 12.0 Å². The predicted octanol–water partition coefficient (Wildman–Crippen LogP) is 0.947. The van der Waals surface area contributed by atoms with Crippen molar-refractivity contribution < 1.29 is 14.7 Å². The zero-order chi connectivity index (χ0) is 11.4. The second kappa shape index (κ2) is 5.00. The fourth-order valence-electron chi connectivity index (χ4n) is 1.83. The van der Waals surface area contributed by atoms with Crippen LogP contribution in [0.25, 0.3) is 0 Å². The Bertz CT molecular complexity index is 253. The fourth-order valence-corrected chi connectivity index (χ4v) is 1.83. The van der Waals surface area contributed by atoms with Gasteiger partial charge in [-0.1, -0.05) is 0 Å². The van der Waals surface area contributed by atoms with Gasteiger partial charge in [-0.05, 0) is 33.1 Å². The van der Waals surface area contributed by atoms with Crippen LogP contribution in [0.1, 0.15) is 33.1 Å². The number of hydrogen-bond donors (Lipinski definition) is 3. The maximum atomic E-state index is 11.3. The topological polar surface area (TPSA) is 78.4 Å². The van der Waals surface area contributed by atoms with Crippen LogP contribution in [-0.2, 0) is 4.79 Å². The zero-order valence-corrected chi connectivity index (χ0v) is 9.12. The monoisotopic (exact) mass is 214 g/mol. The van der Waals surface area contributed by atoms with E-state index in [9.17, 15) is 9.59 Å². The zero-order valence-electron chi connectivity index (χ0n) is 9.12. The molecule has 1 aliphatic rings. The summed E-state index contributed by atoms with van der Waals surface area (Å²) >= 11 is 0. The molecule has 2 unspecified atom stereocenters. The van der Waals surface area contributed by atoms with Gasteiger partial charge in [0.2, 0.25) is 0 Å². The van der Waals surface area contributed by atoms with Crippen molar-refractivity contribution in [1.29, 1.82) is 0 Å². The molecule has 1 aliphatic carbocycles. The minimum Gasteiger partial charge on any atom is -0.481 e. The third-order valence-electron chi connectivity index (χ3n) is 2.54. The Morgan fingerprint density at radius 3 is 2.47 bits per heavy atom. The van der Waals surface area contributed by atoms with Gasteiger partial charge in [0.15, 0.2) is 0 Å². The normalized spacial score (nSPS) is 25.3. The number of amides is 2. The van der Waals surface area contributed by atoms with Crippen molar-refractivity contribution in [3.05, 3.63) is 0 Å². The van der Waals surface area contributed by atoms with Crippen molar-refractivity contribution in [1.82, 2.24) is 10.6 Å². The van der Waals surface area contributed by atoms with Crippen LogP contribution in [-0.4, -0.2) is 29.2 Å². The summed E-state index contributed by atoms with van der Waals surface area (Å²) in [6.07, 6.45) is 1.95. The van der Waals surface area contributed by atoms with Crippen LogP contribution in [0.3, 0.4) is 0 Å². The Balaban J connectivity index is 2.30. The Hall–Kier alpha value is -1.26. The van der Waals surface area contributed by atoms with Crippen LogP contribution < -0.4 is 10.6 Å². The first kappa shape index (κ1) is 11.8. The van der Waals surface area contributed by atoms with E-state index in [1.165, 1.54) is 0 Å². The molecule has 0 aromatic heterocycles. The SMILES string of the molecule is CC(C)NC(=O)NC1CCC(C(=O)O)C1. The molecule has 0 spiro atoms. The van der Waals surface area contributed by atoms with Crippen molar-refractivity contribution >= 4 is 12.0 Å². The van der Waals surface area contributed by atoms with E-state index in [0.717, 1.165) is 6.42 Å². The van der Waals surface area contributed by atoms with Crippen LogP contribution in [0.15, 0.2) is 0 Å². The Morgan fingerprint density at radius 2 is 2.00 bits per heavy atom. The van der Waals surface area contributed by atoms with Gasteiger partial charge in [0.25, 0.3) is 0 Å². The van der Waals surface area contributed by atoms with E-state index < -0.39 is 5.97 Å². The standard InChI is InChI=1S/C10H18N2O3/c1-6(2)11-10(15)12-8-4-3-7(5-8)9(13)14/h6-8H,3-5H2,1-2H3,(H,13,14)(H2,11,12,15). The number of urea groups is 1. The predicted molar refractivity (Wildman–Crippen MR) is 55.6 cm³/mol. The van der Waals surface area contributed by atoms with E-state index in [4.69, 9.17) is 5.11 Å². The summed E-state index contributed by atoms with van der Waals surface area (Å²) in [5.74, 6) is -1.06. The first-order valence-electron chi connectivity index (χ1n) is 5.29. The number of carboxylic acids is 1. The molecule has 5 nitrogen and oxygen atoms in total. The van der Waals surface area contributed by atoms with Crippen molar-refractivity contribution in [3.63, 3.8) is 0 Å². The van der Waals surface area contributed by atoms with Gasteiger partial charge in [0.1, 0.15) is 0 Å². The lowest BCUT2D eigenvalue weighted by Crippen LogP contribution is -2.43. The summed E-state index contributed by atoms with van der Waals surface area (Å²) in [7, 11) is 0. The number of aliphatic carboxylic acids is 1. The van der Waals surface area contributed by atoms with E-state index in [2.05, 4.69) is 10.6 Å². The van der Waals surface area contributed by atoms with Gasteiger partial charge in [-0.15, -0.1) is 0 Å². The van der Waals surface area contributed by atoms with Gasteiger partial charge in [-0.2, -0.15) is 0 Å². The Labute approximate surface area is 89.2 Å². The average Bonchev–Trinajstić information content (AvgIpc) is 2.50. The summed E-state index contributed by atoms with van der Waals surface area (Å²) in [5.41, 5.74) is 0. The molecule has 5 heteroatoms. The lowest BCUT2D eigenvalue weighted by Gasteiger charge is -2.15. The van der Waals surface area contributed by atoms with Crippen LogP contribution in [0.2, 0.25) is 0 Å². The summed E-state index contributed by atoms with van der Waals surface area (Å²) in [6, 6.07) is -0.104. The maximum Gasteiger partial charge on any atom is 0.315 e. The van der Waals surface area contributed by atoms with E-state index >= 15 is 0 Å². The first-order chi connectivity index (χ1) is 6.99. The number of rotatable bonds is 3.